The van der Waals surface area contributed by atoms with Crippen molar-refractivity contribution in [2.45, 2.75) is 31.1 Å². The minimum Gasteiger partial charge on any atom is -0.281 e. The molecule has 0 unspecified atom stereocenters. The van der Waals surface area contributed by atoms with Crippen molar-refractivity contribution in [3.63, 3.8) is 0 Å². The minimum atomic E-state index is -4.42. The molecule has 5 nitrogen and oxygen atoms in total. The van der Waals surface area contributed by atoms with E-state index in [9.17, 15) is 26.0 Å². The van der Waals surface area contributed by atoms with E-state index in [1.54, 1.807) is 0 Å². The first-order valence-electron chi connectivity index (χ1n) is 4.75. The van der Waals surface area contributed by atoms with Gasteiger partial charge in [0.1, 0.15) is 4.90 Å². The van der Waals surface area contributed by atoms with E-state index in [2.05, 4.69) is 10.2 Å². The van der Waals surface area contributed by atoms with Crippen molar-refractivity contribution < 1.29 is 26.0 Å². The van der Waals surface area contributed by atoms with Crippen LogP contribution in [0.3, 0.4) is 0 Å². The lowest BCUT2D eigenvalue weighted by atomic mass is 10.4. The zero-order valence-electron chi connectivity index (χ0n) is 9.47. The van der Waals surface area contributed by atoms with Gasteiger partial charge in [-0.3, -0.25) is 5.10 Å². The Morgan fingerprint density at radius 2 is 1.94 bits per heavy atom. The van der Waals surface area contributed by atoms with Gasteiger partial charge in [-0.15, -0.1) is 0 Å². The van der Waals surface area contributed by atoms with Crippen LogP contribution in [0.1, 0.15) is 11.4 Å². The number of nitrogens with zero attached hydrogens (tertiary/aromatic N) is 1. The summed E-state index contributed by atoms with van der Waals surface area (Å²) in [5.41, 5.74) is 0.209. The number of H-pyrrole nitrogens is 1. The molecule has 104 valence electrons. The smallest absolute Gasteiger partial charge is 0.281 e. The average Bonchev–Trinajstić information content (AvgIpc) is 2.56. The number of aromatic nitrogens is 2. The van der Waals surface area contributed by atoms with E-state index in [1.807, 2.05) is 0 Å². The topological polar surface area (TPSA) is 74.8 Å². The Hall–Kier alpha value is -1.16. The second-order valence-electron chi connectivity index (χ2n) is 3.65. The highest BCUT2D eigenvalue weighted by atomic mass is 32.2. The van der Waals surface area contributed by atoms with Gasteiger partial charge in [-0.2, -0.15) is 13.9 Å². The van der Waals surface area contributed by atoms with Gasteiger partial charge in [-0.25, -0.2) is 21.9 Å². The Morgan fingerprint density at radius 1 is 1.39 bits per heavy atom. The number of aryl methyl sites for hydroxylation is 2. The van der Waals surface area contributed by atoms with Crippen molar-refractivity contribution in [1.29, 1.82) is 0 Å². The molecule has 0 bridgehead atoms. The monoisotopic (exact) mass is 289 g/mol. The average molecular weight is 289 g/mol. The maximum atomic E-state index is 12.6. The van der Waals surface area contributed by atoms with Crippen LogP contribution in [0.2, 0.25) is 0 Å². The summed E-state index contributed by atoms with van der Waals surface area (Å²) in [4.78, 5) is -0.312. The Labute approximate surface area is 101 Å². The van der Waals surface area contributed by atoms with Crippen LogP contribution in [0.25, 0.3) is 0 Å². The molecule has 0 amide bonds. The molecule has 0 saturated carbocycles. The second kappa shape index (κ2) is 4.84. The van der Waals surface area contributed by atoms with Crippen LogP contribution in [0.15, 0.2) is 4.90 Å². The third-order valence-corrected chi connectivity index (χ3v) is 3.81. The number of halogens is 4. The van der Waals surface area contributed by atoms with E-state index in [0.717, 1.165) is 0 Å². The van der Waals surface area contributed by atoms with Gasteiger partial charge in [-0.1, -0.05) is 0 Å². The molecule has 0 radical (unpaired) electrons. The second-order valence-corrected chi connectivity index (χ2v) is 5.35. The van der Waals surface area contributed by atoms with Gasteiger partial charge in [0.15, 0.2) is 0 Å². The van der Waals surface area contributed by atoms with Crippen molar-refractivity contribution in [2.75, 3.05) is 6.54 Å². The molecule has 0 fully saturated rings. The molecule has 2 N–H and O–H groups in total. The molecule has 1 rings (SSSR count). The maximum absolute atomic E-state index is 12.6. The fourth-order valence-electron chi connectivity index (χ4n) is 1.28. The molecule has 0 saturated heterocycles. The van der Waals surface area contributed by atoms with E-state index >= 15 is 0 Å². The van der Waals surface area contributed by atoms with Crippen molar-refractivity contribution >= 4 is 10.0 Å². The fraction of sp³-hybridized carbons (Fsp3) is 0.625. The molecule has 1 heterocycles. The number of alkyl halides is 4. The molecule has 18 heavy (non-hydrogen) atoms. The van der Waals surface area contributed by atoms with Crippen LogP contribution in [0.5, 0.6) is 0 Å². The highest BCUT2D eigenvalue weighted by molar-refractivity contribution is 7.89. The van der Waals surface area contributed by atoms with Crippen LogP contribution in [0, 0.1) is 13.8 Å². The summed E-state index contributed by atoms with van der Waals surface area (Å²) in [6.07, 6.45) is -3.94. The molecule has 0 aromatic carbocycles. The molecular weight excluding hydrogens is 278 g/mol. The van der Waals surface area contributed by atoms with E-state index < -0.39 is 28.9 Å². The van der Waals surface area contributed by atoms with Gasteiger partial charge in [0.2, 0.25) is 10.0 Å². The predicted molar refractivity (Wildman–Crippen MR) is 54.2 cm³/mol. The Kier molecular flexibility index (Phi) is 4.01. The summed E-state index contributed by atoms with van der Waals surface area (Å²) in [6, 6.07) is 0. The molecule has 10 heteroatoms. The third kappa shape index (κ3) is 2.99. The summed E-state index contributed by atoms with van der Waals surface area (Å²) in [6.45, 7) is 1.06. The van der Waals surface area contributed by atoms with Crippen LogP contribution >= 0.6 is 0 Å². The summed E-state index contributed by atoms with van der Waals surface area (Å²) < 4.78 is 73.8. The first-order chi connectivity index (χ1) is 8.08. The van der Waals surface area contributed by atoms with E-state index in [4.69, 9.17) is 0 Å². The molecule has 0 aliphatic rings. The molecule has 0 atom stereocenters. The van der Waals surface area contributed by atoms with Crippen molar-refractivity contribution in [1.82, 2.24) is 14.9 Å². The van der Waals surface area contributed by atoms with Gasteiger partial charge in [0.25, 0.3) is 0 Å². The molecule has 0 aliphatic heterocycles. The van der Waals surface area contributed by atoms with Gasteiger partial charge in [0.05, 0.1) is 17.9 Å². The van der Waals surface area contributed by atoms with Crippen molar-refractivity contribution in [3.05, 3.63) is 11.4 Å². The molecule has 1 aromatic heterocycles. The highest BCUT2D eigenvalue weighted by Gasteiger charge is 2.42. The minimum absolute atomic E-state index is 0.0698. The molecule has 1 aromatic rings. The number of nitrogens with one attached hydrogen (secondary N) is 2. The van der Waals surface area contributed by atoms with Crippen LogP contribution < -0.4 is 4.72 Å². The summed E-state index contributed by atoms with van der Waals surface area (Å²) in [7, 11) is -4.30. The number of aromatic amines is 1. The Balaban J connectivity index is 2.91. The fourth-order valence-corrected chi connectivity index (χ4v) is 2.69. The predicted octanol–water partition coefficient (Wildman–Crippen LogP) is 1.21. The highest BCUT2D eigenvalue weighted by Crippen LogP contribution is 2.23. The van der Waals surface area contributed by atoms with Crippen LogP contribution in [0.4, 0.5) is 17.6 Å². The SMILES string of the molecule is Cc1n[nH]c(C)c1S(=O)(=O)NCC(F)(F)C(F)F. The van der Waals surface area contributed by atoms with Gasteiger partial charge < -0.3 is 0 Å². The quantitative estimate of drug-likeness (QED) is 0.800. The summed E-state index contributed by atoms with van der Waals surface area (Å²) >= 11 is 0. The van der Waals surface area contributed by atoms with E-state index in [-0.39, 0.29) is 16.3 Å². The lowest BCUT2D eigenvalue weighted by Gasteiger charge is -2.15. The van der Waals surface area contributed by atoms with Gasteiger partial charge in [0, 0.05) is 0 Å². The Morgan fingerprint density at radius 3 is 2.33 bits per heavy atom. The van der Waals surface area contributed by atoms with Gasteiger partial charge >= 0.3 is 12.3 Å². The summed E-state index contributed by atoms with van der Waals surface area (Å²) in [5.74, 6) is -4.42. The first kappa shape index (κ1) is 14.9. The van der Waals surface area contributed by atoms with E-state index in [1.165, 1.54) is 18.6 Å². The zero-order valence-corrected chi connectivity index (χ0v) is 10.3. The lowest BCUT2D eigenvalue weighted by Crippen LogP contribution is -2.41. The number of rotatable bonds is 5. The number of hydrogen-bond donors (Lipinski definition) is 2. The largest absolute Gasteiger partial charge is 0.320 e. The standard InChI is InChI=1S/C8H11F4N3O2S/c1-4-6(5(2)15-14-4)18(16,17)13-3-8(11,12)7(9)10/h7,13H,3H2,1-2H3,(H,14,15). The lowest BCUT2D eigenvalue weighted by molar-refractivity contribution is -0.122. The summed E-state index contributed by atoms with van der Waals surface area (Å²) in [5, 5.41) is 5.94. The van der Waals surface area contributed by atoms with Crippen molar-refractivity contribution in [2.24, 2.45) is 0 Å². The van der Waals surface area contributed by atoms with Crippen LogP contribution in [-0.2, 0) is 10.0 Å². The van der Waals surface area contributed by atoms with Crippen molar-refractivity contribution in [3.8, 4) is 0 Å². The first-order valence-corrected chi connectivity index (χ1v) is 6.23. The van der Waals surface area contributed by atoms with Crippen LogP contribution in [-0.4, -0.2) is 37.5 Å². The molecule has 0 aliphatic carbocycles. The normalized spacial score (nSPS) is 13.3. The third-order valence-electron chi connectivity index (χ3n) is 2.15. The molecular formula is C8H11F4N3O2S. The van der Waals surface area contributed by atoms with Gasteiger partial charge in [-0.05, 0) is 13.8 Å². The molecule has 0 spiro atoms. The number of hydrogen-bond acceptors (Lipinski definition) is 3. The number of sulfonamides is 1. The van der Waals surface area contributed by atoms with E-state index in [0.29, 0.717) is 0 Å². The Bertz CT molecular complexity index is 507. The maximum Gasteiger partial charge on any atom is 0.320 e. The zero-order chi connectivity index (χ0) is 14.1.